The van der Waals surface area contributed by atoms with E-state index in [9.17, 15) is 4.79 Å². The van der Waals surface area contributed by atoms with Crippen molar-refractivity contribution < 1.29 is 4.79 Å². The highest BCUT2D eigenvalue weighted by Crippen LogP contribution is 2.20. The first-order valence-electron chi connectivity index (χ1n) is 5.93. The normalized spacial score (nSPS) is 18.6. The third kappa shape index (κ3) is 3.46. The molecule has 1 aromatic carbocycles. The van der Waals surface area contributed by atoms with E-state index in [2.05, 4.69) is 21.2 Å². The molecular formula is C13H18BrClN2O. The zero-order valence-electron chi connectivity index (χ0n) is 10.4. The Labute approximate surface area is 122 Å². The number of nitrogens with one attached hydrogen (secondary N) is 1. The van der Waals surface area contributed by atoms with E-state index in [1.807, 2.05) is 36.2 Å². The van der Waals surface area contributed by atoms with E-state index in [1.54, 1.807) is 0 Å². The van der Waals surface area contributed by atoms with Crippen LogP contribution >= 0.6 is 28.3 Å². The van der Waals surface area contributed by atoms with Gasteiger partial charge in [-0.25, -0.2) is 0 Å². The molecule has 0 aromatic heterocycles. The third-order valence-electron chi connectivity index (χ3n) is 3.17. The summed E-state index contributed by atoms with van der Waals surface area (Å²) < 4.78 is 1.00. The molecule has 1 unspecified atom stereocenters. The van der Waals surface area contributed by atoms with Crippen molar-refractivity contribution in [3.63, 3.8) is 0 Å². The second kappa shape index (κ2) is 7.12. The first kappa shape index (κ1) is 15.5. The lowest BCUT2D eigenvalue weighted by molar-refractivity contribution is 0.0737. The molecule has 1 amide bonds. The van der Waals surface area contributed by atoms with Gasteiger partial charge in [-0.3, -0.25) is 4.79 Å². The Bertz CT molecular complexity index is 396. The van der Waals surface area contributed by atoms with Crippen molar-refractivity contribution in [1.82, 2.24) is 10.2 Å². The van der Waals surface area contributed by atoms with Gasteiger partial charge in [0, 0.05) is 29.2 Å². The number of rotatable bonds is 3. The number of nitrogens with zero attached hydrogens (tertiary/aromatic N) is 1. The quantitative estimate of drug-likeness (QED) is 0.922. The van der Waals surface area contributed by atoms with Gasteiger partial charge in [0.25, 0.3) is 5.91 Å². The van der Waals surface area contributed by atoms with Crippen LogP contribution in [0.5, 0.6) is 0 Å². The summed E-state index contributed by atoms with van der Waals surface area (Å²) in [6, 6.07) is 7.92. The van der Waals surface area contributed by atoms with Crippen LogP contribution in [-0.4, -0.2) is 37.0 Å². The zero-order chi connectivity index (χ0) is 12.3. The summed E-state index contributed by atoms with van der Waals surface area (Å²) in [5.74, 6) is 0.148. The average Bonchev–Trinajstić information content (AvgIpc) is 2.78. The Morgan fingerprint density at radius 2 is 2.11 bits per heavy atom. The number of hydrogen-bond acceptors (Lipinski definition) is 2. The van der Waals surface area contributed by atoms with Crippen molar-refractivity contribution in [3.05, 3.63) is 34.3 Å². The molecule has 1 aromatic rings. The largest absolute Gasteiger partial charge is 0.334 e. The monoisotopic (exact) mass is 332 g/mol. The Hall–Kier alpha value is -0.580. The van der Waals surface area contributed by atoms with E-state index in [4.69, 9.17) is 0 Å². The lowest BCUT2D eigenvalue weighted by atomic mass is 10.1. The summed E-state index contributed by atoms with van der Waals surface area (Å²) in [4.78, 5) is 14.3. The van der Waals surface area contributed by atoms with Crippen LogP contribution in [0.4, 0.5) is 0 Å². The van der Waals surface area contributed by atoms with E-state index < -0.39 is 0 Å². The predicted octanol–water partition coefficient (Wildman–Crippen LogP) is 2.69. The molecule has 1 saturated heterocycles. The van der Waals surface area contributed by atoms with Gasteiger partial charge in [-0.2, -0.15) is 0 Å². The van der Waals surface area contributed by atoms with Gasteiger partial charge in [-0.15, -0.1) is 12.4 Å². The summed E-state index contributed by atoms with van der Waals surface area (Å²) >= 11 is 3.38. The molecule has 18 heavy (non-hydrogen) atoms. The Kier molecular flexibility index (Phi) is 6.12. The zero-order valence-corrected chi connectivity index (χ0v) is 12.8. The SMILES string of the molecule is CNCC1CCCN1C(=O)c1ccc(Br)cc1.Cl. The number of amides is 1. The number of benzene rings is 1. The standard InChI is InChI=1S/C13H17BrN2O.ClH/c1-15-9-12-3-2-8-16(12)13(17)10-4-6-11(14)7-5-10;/h4-7,12,15H,2-3,8-9H2,1H3;1H. The summed E-state index contributed by atoms with van der Waals surface area (Å²) in [5, 5.41) is 3.15. The first-order valence-corrected chi connectivity index (χ1v) is 6.73. The Morgan fingerprint density at radius 3 is 2.72 bits per heavy atom. The minimum absolute atomic E-state index is 0. The van der Waals surface area contributed by atoms with Crippen LogP contribution in [0.1, 0.15) is 23.2 Å². The Balaban J connectivity index is 0.00000162. The lowest BCUT2D eigenvalue weighted by Crippen LogP contribution is -2.40. The highest BCUT2D eigenvalue weighted by Gasteiger charge is 2.28. The fraction of sp³-hybridized carbons (Fsp3) is 0.462. The van der Waals surface area contributed by atoms with Gasteiger partial charge in [0.05, 0.1) is 0 Å². The van der Waals surface area contributed by atoms with Gasteiger partial charge in [-0.1, -0.05) is 15.9 Å². The van der Waals surface area contributed by atoms with E-state index >= 15 is 0 Å². The van der Waals surface area contributed by atoms with Crippen LogP contribution in [0.2, 0.25) is 0 Å². The summed E-state index contributed by atoms with van der Waals surface area (Å²) in [6.45, 7) is 1.75. The molecule has 0 aliphatic carbocycles. The molecule has 2 rings (SSSR count). The van der Waals surface area contributed by atoms with Crippen LogP contribution < -0.4 is 5.32 Å². The van der Waals surface area contributed by atoms with E-state index in [1.165, 1.54) is 0 Å². The van der Waals surface area contributed by atoms with Gasteiger partial charge in [0.2, 0.25) is 0 Å². The summed E-state index contributed by atoms with van der Waals surface area (Å²) in [7, 11) is 1.93. The van der Waals surface area contributed by atoms with Crippen LogP contribution in [-0.2, 0) is 0 Å². The molecular weight excluding hydrogens is 316 g/mol. The second-order valence-electron chi connectivity index (χ2n) is 4.36. The van der Waals surface area contributed by atoms with E-state index in [0.717, 1.165) is 36.0 Å². The number of carbonyl (C=O) groups is 1. The van der Waals surface area contributed by atoms with Crippen LogP contribution in [0.25, 0.3) is 0 Å². The topological polar surface area (TPSA) is 32.3 Å². The van der Waals surface area contributed by atoms with Crippen molar-refractivity contribution in [2.75, 3.05) is 20.1 Å². The molecule has 1 aliphatic heterocycles. The van der Waals surface area contributed by atoms with Crippen molar-refractivity contribution in [2.45, 2.75) is 18.9 Å². The van der Waals surface area contributed by atoms with Crippen LogP contribution in [0, 0.1) is 0 Å². The second-order valence-corrected chi connectivity index (χ2v) is 5.27. The predicted molar refractivity (Wildman–Crippen MR) is 79.4 cm³/mol. The molecule has 100 valence electrons. The molecule has 1 fully saturated rings. The molecule has 1 atom stereocenters. The smallest absolute Gasteiger partial charge is 0.254 e. The molecule has 0 radical (unpaired) electrons. The lowest BCUT2D eigenvalue weighted by Gasteiger charge is -2.24. The number of carbonyl (C=O) groups excluding carboxylic acids is 1. The number of likely N-dealkylation sites (N-methyl/N-ethyl adjacent to an activating group) is 1. The minimum Gasteiger partial charge on any atom is -0.334 e. The molecule has 1 aliphatic rings. The highest BCUT2D eigenvalue weighted by atomic mass is 79.9. The number of likely N-dealkylation sites (tertiary alicyclic amines) is 1. The van der Waals surface area contributed by atoms with Gasteiger partial charge in [0.1, 0.15) is 0 Å². The summed E-state index contributed by atoms with van der Waals surface area (Å²) in [5.41, 5.74) is 0.774. The maximum Gasteiger partial charge on any atom is 0.254 e. The number of hydrogen-bond donors (Lipinski definition) is 1. The fourth-order valence-corrected chi connectivity index (χ4v) is 2.57. The molecule has 3 nitrogen and oxygen atoms in total. The maximum absolute atomic E-state index is 12.3. The van der Waals surface area contributed by atoms with Gasteiger partial charge in [0.15, 0.2) is 0 Å². The molecule has 0 saturated carbocycles. The van der Waals surface area contributed by atoms with Crippen molar-refractivity contribution >= 4 is 34.2 Å². The molecule has 5 heteroatoms. The summed E-state index contributed by atoms with van der Waals surface area (Å²) in [6.07, 6.45) is 2.21. The number of halogens is 2. The van der Waals surface area contributed by atoms with E-state index in [-0.39, 0.29) is 18.3 Å². The molecule has 0 spiro atoms. The third-order valence-corrected chi connectivity index (χ3v) is 3.70. The minimum atomic E-state index is 0. The van der Waals surface area contributed by atoms with Crippen molar-refractivity contribution in [3.8, 4) is 0 Å². The van der Waals surface area contributed by atoms with Gasteiger partial charge < -0.3 is 10.2 Å². The highest BCUT2D eigenvalue weighted by molar-refractivity contribution is 9.10. The van der Waals surface area contributed by atoms with Crippen LogP contribution in [0.3, 0.4) is 0 Å². The van der Waals surface area contributed by atoms with E-state index in [0.29, 0.717) is 6.04 Å². The Morgan fingerprint density at radius 1 is 1.44 bits per heavy atom. The van der Waals surface area contributed by atoms with Gasteiger partial charge in [-0.05, 0) is 44.2 Å². The van der Waals surface area contributed by atoms with Crippen molar-refractivity contribution in [2.24, 2.45) is 0 Å². The molecule has 0 bridgehead atoms. The molecule has 1 N–H and O–H groups in total. The molecule has 1 heterocycles. The van der Waals surface area contributed by atoms with Crippen molar-refractivity contribution in [1.29, 1.82) is 0 Å². The van der Waals surface area contributed by atoms with Gasteiger partial charge >= 0.3 is 0 Å². The fourth-order valence-electron chi connectivity index (χ4n) is 2.31. The first-order chi connectivity index (χ1) is 8.22. The maximum atomic E-state index is 12.3. The van der Waals surface area contributed by atoms with Crippen LogP contribution in [0.15, 0.2) is 28.7 Å². The average molecular weight is 334 g/mol.